The Bertz CT molecular complexity index is 363. The summed E-state index contributed by atoms with van der Waals surface area (Å²) in [7, 11) is 0. The van der Waals surface area contributed by atoms with Crippen LogP contribution in [0.25, 0.3) is 0 Å². The summed E-state index contributed by atoms with van der Waals surface area (Å²) >= 11 is 0. The molecule has 1 atom stereocenters. The van der Waals surface area contributed by atoms with Crippen LogP contribution in [0.3, 0.4) is 0 Å². The molecule has 13 heavy (non-hydrogen) atoms. The van der Waals surface area contributed by atoms with Gasteiger partial charge < -0.3 is 5.32 Å². The van der Waals surface area contributed by atoms with Crippen molar-refractivity contribution in [3.8, 4) is 0 Å². The van der Waals surface area contributed by atoms with E-state index in [1.54, 1.807) is 0 Å². The SMILES string of the molecule is CCn1[nH]c(=O)c2c1CNCC2C. The Labute approximate surface area is 76.9 Å². The molecule has 2 heterocycles. The highest BCUT2D eigenvalue weighted by atomic mass is 16.1. The van der Waals surface area contributed by atoms with Gasteiger partial charge in [0.25, 0.3) is 5.56 Å². The summed E-state index contributed by atoms with van der Waals surface area (Å²) < 4.78 is 1.93. The van der Waals surface area contributed by atoms with E-state index in [9.17, 15) is 4.79 Å². The minimum absolute atomic E-state index is 0.0888. The lowest BCUT2D eigenvalue weighted by molar-refractivity contribution is 0.525. The number of hydrogen-bond acceptors (Lipinski definition) is 2. The van der Waals surface area contributed by atoms with Gasteiger partial charge in [-0.2, -0.15) is 0 Å². The molecule has 0 radical (unpaired) electrons. The lowest BCUT2D eigenvalue weighted by Crippen LogP contribution is -2.29. The van der Waals surface area contributed by atoms with Crippen molar-refractivity contribution in [1.82, 2.24) is 15.1 Å². The molecule has 1 aliphatic heterocycles. The Morgan fingerprint density at radius 2 is 2.38 bits per heavy atom. The molecule has 1 aromatic rings. The molecule has 0 bridgehead atoms. The standard InChI is InChI=1S/C9H15N3O/c1-3-12-7-5-10-4-6(2)8(7)9(13)11-12/h6,10H,3-5H2,1-2H3,(H,11,13). The Balaban J connectivity index is 2.57. The van der Waals surface area contributed by atoms with Crippen LogP contribution < -0.4 is 10.9 Å². The summed E-state index contributed by atoms with van der Waals surface area (Å²) in [6.07, 6.45) is 0. The van der Waals surface area contributed by atoms with Crippen molar-refractivity contribution in [3.05, 3.63) is 21.6 Å². The first-order chi connectivity index (χ1) is 6.24. The maximum Gasteiger partial charge on any atom is 0.267 e. The van der Waals surface area contributed by atoms with Crippen molar-refractivity contribution in [2.45, 2.75) is 32.9 Å². The van der Waals surface area contributed by atoms with E-state index in [0.29, 0.717) is 5.92 Å². The van der Waals surface area contributed by atoms with Gasteiger partial charge in [0.1, 0.15) is 0 Å². The number of aromatic nitrogens is 2. The van der Waals surface area contributed by atoms with E-state index in [4.69, 9.17) is 0 Å². The largest absolute Gasteiger partial charge is 0.311 e. The summed E-state index contributed by atoms with van der Waals surface area (Å²) in [4.78, 5) is 11.5. The van der Waals surface area contributed by atoms with Gasteiger partial charge in [0.15, 0.2) is 0 Å². The third-order valence-corrected chi connectivity index (χ3v) is 2.67. The molecule has 2 N–H and O–H groups in total. The van der Waals surface area contributed by atoms with Crippen molar-refractivity contribution < 1.29 is 0 Å². The topological polar surface area (TPSA) is 49.8 Å². The van der Waals surface area contributed by atoms with Crippen molar-refractivity contribution in [3.63, 3.8) is 0 Å². The first-order valence-electron chi connectivity index (χ1n) is 4.76. The molecule has 0 saturated carbocycles. The zero-order valence-electron chi connectivity index (χ0n) is 8.05. The number of nitrogens with one attached hydrogen (secondary N) is 2. The monoisotopic (exact) mass is 181 g/mol. The van der Waals surface area contributed by atoms with Crippen molar-refractivity contribution in [2.24, 2.45) is 0 Å². The molecule has 1 aliphatic rings. The van der Waals surface area contributed by atoms with Crippen LogP contribution in [0.1, 0.15) is 31.0 Å². The molecule has 2 rings (SSSR count). The van der Waals surface area contributed by atoms with Gasteiger partial charge >= 0.3 is 0 Å². The summed E-state index contributed by atoms with van der Waals surface area (Å²) in [5.41, 5.74) is 2.19. The second-order valence-corrected chi connectivity index (χ2v) is 3.58. The molecule has 1 aromatic heterocycles. The number of aryl methyl sites for hydroxylation is 1. The van der Waals surface area contributed by atoms with E-state index in [0.717, 1.165) is 30.9 Å². The molecule has 1 unspecified atom stereocenters. The predicted molar refractivity (Wildman–Crippen MR) is 50.8 cm³/mol. The normalized spacial score (nSPS) is 21.5. The molecule has 0 aromatic carbocycles. The summed E-state index contributed by atoms with van der Waals surface area (Å²) in [6, 6.07) is 0. The average molecular weight is 181 g/mol. The number of fused-ring (bicyclic) bond motifs is 1. The van der Waals surface area contributed by atoms with E-state index < -0.39 is 0 Å². The van der Waals surface area contributed by atoms with Gasteiger partial charge in [0.05, 0.1) is 5.69 Å². The van der Waals surface area contributed by atoms with Crippen LogP contribution in [-0.4, -0.2) is 16.3 Å². The van der Waals surface area contributed by atoms with Crippen LogP contribution >= 0.6 is 0 Å². The highest BCUT2D eigenvalue weighted by Crippen LogP contribution is 2.19. The summed E-state index contributed by atoms with van der Waals surface area (Å²) in [6.45, 7) is 6.67. The van der Waals surface area contributed by atoms with E-state index in [1.807, 2.05) is 11.6 Å². The smallest absolute Gasteiger partial charge is 0.267 e. The first kappa shape index (κ1) is 8.56. The van der Waals surface area contributed by atoms with Crippen LogP contribution in [0.4, 0.5) is 0 Å². The molecule has 0 saturated heterocycles. The number of H-pyrrole nitrogens is 1. The third-order valence-electron chi connectivity index (χ3n) is 2.67. The third kappa shape index (κ3) is 1.21. The lowest BCUT2D eigenvalue weighted by Gasteiger charge is -2.19. The van der Waals surface area contributed by atoms with E-state index in [2.05, 4.69) is 17.3 Å². The second-order valence-electron chi connectivity index (χ2n) is 3.58. The number of rotatable bonds is 1. The van der Waals surface area contributed by atoms with E-state index >= 15 is 0 Å². The maximum atomic E-state index is 11.5. The minimum atomic E-state index is 0.0888. The van der Waals surface area contributed by atoms with Crippen molar-refractivity contribution >= 4 is 0 Å². The average Bonchev–Trinajstić information content (AvgIpc) is 2.44. The van der Waals surface area contributed by atoms with Gasteiger partial charge in [0, 0.05) is 31.1 Å². The minimum Gasteiger partial charge on any atom is -0.311 e. The fourth-order valence-corrected chi connectivity index (χ4v) is 2.00. The Morgan fingerprint density at radius 3 is 3.08 bits per heavy atom. The zero-order valence-corrected chi connectivity index (χ0v) is 8.05. The number of nitrogens with zero attached hydrogens (tertiary/aromatic N) is 1. The van der Waals surface area contributed by atoms with Crippen LogP contribution in [-0.2, 0) is 13.1 Å². The molecule has 4 nitrogen and oxygen atoms in total. The lowest BCUT2D eigenvalue weighted by atomic mass is 9.98. The Kier molecular flexibility index (Phi) is 2.00. The fraction of sp³-hybridized carbons (Fsp3) is 0.667. The van der Waals surface area contributed by atoms with E-state index in [-0.39, 0.29) is 5.56 Å². The zero-order chi connectivity index (χ0) is 9.42. The number of aromatic amines is 1. The molecule has 0 aliphatic carbocycles. The van der Waals surface area contributed by atoms with Gasteiger partial charge in [-0.3, -0.25) is 14.6 Å². The molecular formula is C9H15N3O. The quantitative estimate of drug-likeness (QED) is 0.659. The van der Waals surface area contributed by atoms with Gasteiger partial charge in [-0.25, -0.2) is 0 Å². The molecule has 0 spiro atoms. The van der Waals surface area contributed by atoms with E-state index in [1.165, 1.54) is 0 Å². The molecule has 0 fully saturated rings. The van der Waals surface area contributed by atoms with Crippen LogP contribution in [0.2, 0.25) is 0 Å². The fourth-order valence-electron chi connectivity index (χ4n) is 2.00. The van der Waals surface area contributed by atoms with Crippen molar-refractivity contribution in [2.75, 3.05) is 6.54 Å². The highest BCUT2D eigenvalue weighted by molar-refractivity contribution is 5.24. The maximum absolute atomic E-state index is 11.5. The van der Waals surface area contributed by atoms with Gasteiger partial charge in [-0.1, -0.05) is 6.92 Å². The molecular weight excluding hydrogens is 166 g/mol. The van der Waals surface area contributed by atoms with Crippen LogP contribution in [0.5, 0.6) is 0 Å². The number of hydrogen-bond donors (Lipinski definition) is 2. The molecule has 4 heteroatoms. The predicted octanol–water partition coefficient (Wildman–Crippen LogP) is 0.403. The molecule has 0 amide bonds. The Morgan fingerprint density at radius 1 is 1.62 bits per heavy atom. The Hall–Kier alpha value is -1.03. The van der Waals surface area contributed by atoms with Gasteiger partial charge in [-0.05, 0) is 6.92 Å². The van der Waals surface area contributed by atoms with Crippen LogP contribution in [0.15, 0.2) is 4.79 Å². The molecule has 72 valence electrons. The highest BCUT2D eigenvalue weighted by Gasteiger charge is 2.22. The van der Waals surface area contributed by atoms with Crippen molar-refractivity contribution in [1.29, 1.82) is 0 Å². The summed E-state index contributed by atoms with van der Waals surface area (Å²) in [5, 5.41) is 6.16. The van der Waals surface area contributed by atoms with Crippen LogP contribution in [0, 0.1) is 0 Å². The first-order valence-corrected chi connectivity index (χ1v) is 4.76. The van der Waals surface area contributed by atoms with Gasteiger partial charge in [0.2, 0.25) is 0 Å². The summed E-state index contributed by atoms with van der Waals surface area (Å²) in [5.74, 6) is 0.334. The van der Waals surface area contributed by atoms with Gasteiger partial charge in [-0.15, -0.1) is 0 Å². The second kappa shape index (κ2) is 3.03.